The number of halogens is 1. The van der Waals surface area contributed by atoms with E-state index in [1.807, 2.05) is 19.9 Å². The maximum absolute atomic E-state index is 10.2. The van der Waals surface area contributed by atoms with Crippen molar-refractivity contribution in [3.05, 3.63) is 27.8 Å². The van der Waals surface area contributed by atoms with Gasteiger partial charge in [0.25, 0.3) is 0 Å². The molecule has 0 radical (unpaired) electrons. The third-order valence-electron chi connectivity index (χ3n) is 3.50. The highest BCUT2D eigenvalue weighted by molar-refractivity contribution is 6.33. The number of nitrogens with two attached hydrogens (primary N) is 1. The molecule has 1 aliphatic carbocycles. The summed E-state index contributed by atoms with van der Waals surface area (Å²) in [5, 5.41) is 10.7. The lowest BCUT2D eigenvalue weighted by atomic mass is 9.89. The van der Waals surface area contributed by atoms with Crippen molar-refractivity contribution in [1.29, 1.82) is 0 Å². The fourth-order valence-corrected chi connectivity index (χ4v) is 2.83. The molecule has 94 valence electrons. The van der Waals surface area contributed by atoms with Crippen LogP contribution < -0.4 is 5.73 Å². The summed E-state index contributed by atoms with van der Waals surface area (Å²) >= 11 is 6.29. The quantitative estimate of drug-likeness (QED) is 0.753. The molecule has 0 saturated heterocycles. The standard InChI is InChI=1S/C14H20ClNO/c1-14(2,16)11-8-9-6-4-3-5-7-10(9)12(15)13(11)17/h8,17H,3-7,16H2,1-2H3. The number of benzene rings is 1. The van der Waals surface area contributed by atoms with Gasteiger partial charge >= 0.3 is 0 Å². The topological polar surface area (TPSA) is 46.2 Å². The van der Waals surface area contributed by atoms with Gasteiger partial charge in [0.1, 0.15) is 5.75 Å². The van der Waals surface area contributed by atoms with E-state index in [1.165, 1.54) is 18.4 Å². The first-order valence-corrected chi connectivity index (χ1v) is 6.61. The Hall–Kier alpha value is -0.730. The van der Waals surface area contributed by atoms with Crippen LogP contribution in [0.1, 0.15) is 49.8 Å². The predicted octanol–water partition coefficient (Wildman–Crippen LogP) is 3.51. The summed E-state index contributed by atoms with van der Waals surface area (Å²) in [5.74, 6) is 0.166. The van der Waals surface area contributed by atoms with Crippen LogP contribution in [0.3, 0.4) is 0 Å². The number of phenolic OH excluding ortho intramolecular Hbond substituents is 1. The molecule has 0 atom stereocenters. The normalized spacial score (nSPS) is 16.5. The molecule has 3 N–H and O–H groups in total. The number of aryl methyl sites for hydroxylation is 1. The van der Waals surface area contributed by atoms with Gasteiger partial charge in [-0.05, 0) is 56.7 Å². The summed E-state index contributed by atoms with van der Waals surface area (Å²) in [7, 11) is 0. The lowest BCUT2D eigenvalue weighted by Gasteiger charge is -2.23. The fourth-order valence-electron chi connectivity index (χ4n) is 2.51. The van der Waals surface area contributed by atoms with Crippen molar-refractivity contribution < 1.29 is 5.11 Å². The number of hydrogen-bond donors (Lipinski definition) is 2. The van der Waals surface area contributed by atoms with Gasteiger partial charge in [-0.15, -0.1) is 0 Å². The molecule has 1 aliphatic rings. The van der Waals surface area contributed by atoms with Crippen molar-refractivity contribution in [2.45, 2.75) is 51.5 Å². The highest BCUT2D eigenvalue weighted by Gasteiger charge is 2.24. The van der Waals surface area contributed by atoms with E-state index in [0.717, 1.165) is 30.4 Å². The molecule has 17 heavy (non-hydrogen) atoms. The molecule has 0 bridgehead atoms. The minimum Gasteiger partial charge on any atom is -0.506 e. The Bertz CT molecular complexity index is 435. The first-order valence-electron chi connectivity index (χ1n) is 6.24. The van der Waals surface area contributed by atoms with Crippen LogP contribution >= 0.6 is 11.6 Å². The summed E-state index contributed by atoms with van der Waals surface area (Å²) in [4.78, 5) is 0. The van der Waals surface area contributed by atoms with Crippen LogP contribution in [0.15, 0.2) is 6.07 Å². The summed E-state index contributed by atoms with van der Waals surface area (Å²) in [5.41, 5.74) is 8.66. The van der Waals surface area contributed by atoms with Gasteiger partial charge in [-0.1, -0.05) is 18.0 Å². The van der Waals surface area contributed by atoms with Gasteiger partial charge in [0, 0.05) is 11.1 Å². The zero-order valence-corrected chi connectivity index (χ0v) is 11.3. The van der Waals surface area contributed by atoms with Crippen LogP contribution in [0.5, 0.6) is 5.75 Å². The number of phenols is 1. The van der Waals surface area contributed by atoms with Gasteiger partial charge in [0.15, 0.2) is 0 Å². The first-order chi connectivity index (χ1) is 7.91. The molecule has 2 rings (SSSR count). The van der Waals surface area contributed by atoms with Crippen LogP contribution in [0.4, 0.5) is 0 Å². The average Bonchev–Trinajstić information content (AvgIpc) is 2.46. The number of rotatable bonds is 1. The molecule has 3 heteroatoms. The van der Waals surface area contributed by atoms with Gasteiger partial charge < -0.3 is 10.8 Å². The van der Waals surface area contributed by atoms with E-state index in [1.54, 1.807) is 0 Å². The molecule has 1 aromatic rings. The number of hydrogen-bond acceptors (Lipinski definition) is 2. The Morgan fingerprint density at radius 3 is 2.53 bits per heavy atom. The lowest BCUT2D eigenvalue weighted by molar-refractivity contribution is 0.439. The van der Waals surface area contributed by atoms with Crippen molar-refractivity contribution in [3.8, 4) is 5.75 Å². The first kappa shape index (κ1) is 12.7. The van der Waals surface area contributed by atoms with E-state index in [4.69, 9.17) is 17.3 Å². The molecular formula is C14H20ClNO. The van der Waals surface area contributed by atoms with Gasteiger partial charge in [0.05, 0.1) is 5.02 Å². The fraction of sp³-hybridized carbons (Fsp3) is 0.571. The lowest BCUT2D eigenvalue weighted by Crippen LogP contribution is -2.29. The van der Waals surface area contributed by atoms with Crippen molar-refractivity contribution in [2.24, 2.45) is 5.73 Å². The minimum absolute atomic E-state index is 0.166. The Morgan fingerprint density at radius 1 is 1.24 bits per heavy atom. The van der Waals surface area contributed by atoms with E-state index in [9.17, 15) is 5.11 Å². The highest BCUT2D eigenvalue weighted by atomic mass is 35.5. The Morgan fingerprint density at radius 2 is 1.88 bits per heavy atom. The maximum atomic E-state index is 10.2. The van der Waals surface area contributed by atoms with E-state index >= 15 is 0 Å². The monoisotopic (exact) mass is 253 g/mol. The molecule has 0 heterocycles. The molecule has 2 nitrogen and oxygen atoms in total. The molecule has 0 saturated carbocycles. The molecule has 0 unspecified atom stereocenters. The summed E-state index contributed by atoms with van der Waals surface area (Å²) in [6.45, 7) is 3.78. The zero-order chi connectivity index (χ0) is 12.6. The second-order valence-electron chi connectivity index (χ2n) is 5.51. The SMILES string of the molecule is CC(C)(N)c1cc2c(c(Cl)c1O)CCCCC2. The van der Waals surface area contributed by atoms with E-state index in [2.05, 4.69) is 0 Å². The highest BCUT2D eigenvalue weighted by Crippen LogP contribution is 2.40. The predicted molar refractivity (Wildman–Crippen MR) is 71.6 cm³/mol. The molecular weight excluding hydrogens is 234 g/mol. The van der Waals surface area contributed by atoms with E-state index < -0.39 is 5.54 Å². The molecule has 0 aromatic heterocycles. The van der Waals surface area contributed by atoms with E-state index in [-0.39, 0.29) is 5.75 Å². The molecule has 0 fully saturated rings. The zero-order valence-electron chi connectivity index (χ0n) is 10.5. The van der Waals surface area contributed by atoms with Gasteiger partial charge in [-0.25, -0.2) is 0 Å². The second kappa shape index (κ2) is 4.51. The number of fused-ring (bicyclic) bond motifs is 1. The van der Waals surface area contributed by atoms with Crippen LogP contribution in [-0.4, -0.2) is 5.11 Å². The molecule has 0 amide bonds. The Kier molecular flexibility index (Phi) is 3.37. The number of aromatic hydroxyl groups is 1. The van der Waals surface area contributed by atoms with Gasteiger partial charge in [0.2, 0.25) is 0 Å². The third kappa shape index (κ3) is 2.43. The second-order valence-corrected chi connectivity index (χ2v) is 5.88. The van der Waals surface area contributed by atoms with Crippen LogP contribution in [0.25, 0.3) is 0 Å². The van der Waals surface area contributed by atoms with Crippen LogP contribution in [-0.2, 0) is 18.4 Å². The third-order valence-corrected chi connectivity index (χ3v) is 3.91. The van der Waals surface area contributed by atoms with Crippen molar-refractivity contribution in [1.82, 2.24) is 0 Å². The van der Waals surface area contributed by atoms with Crippen molar-refractivity contribution in [2.75, 3.05) is 0 Å². The maximum Gasteiger partial charge on any atom is 0.139 e. The minimum atomic E-state index is -0.560. The smallest absolute Gasteiger partial charge is 0.139 e. The largest absolute Gasteiger partial charge is 0.506 e. The molecule has 0 spiro atoms. The average molecular weight is 254 g/mol. The Labute approximate surface area is 108 Å². The summed E-state index contributed by atoms with van der Waals surface area (Å²) in [6.07, 6.45) is 5.58. The van der Waals surface area contributed by atoms with Crippen LogP contribution in [0.2, 0.25) is 5.02 Å². The molecule has 1 aromatic carbocycles. The van der Waals surface area contributed by atoms with Crippen LogP contribution in [0, 0.1) is 0 Å². The van der Waals surface area contributed by atoms with Crippen molar-refractivity contribution >= 4 is 11.6 Å². The summed E-state index contributed by atoms with van der Waals surface area (Å²) < 4.78 is 0. The molecule has 0 aliphatic heterocycles. The Balaban J connectivity index is 2.59. The summed E-state index contributed by atoms with van der Waals surface area (Å²) in [6, 6.07) is 2.04. The van der Waals surface area contributed by atoms with E-state index in [0.29, 0.717) is 5.02 Å². The van der Waals surface area contributed by atoms with Crippen molar-refractivity contribution in [3.63, 3.8) is 0 Å². The van der Waals surface area contributed by atoms with Gasteiger partial charge in [-0.3, -0.25) is 0 Å². The van der Waals surface area contributed by atoms with Gasteiger partial charge in [-0.2, -0.15) is 0 Å².